The summed E-state index contributed by atoms with van der Waals surface area (Å²) in [7, 11) is 4.17. The Morgan fingerprint density at radius 3 is 2.61 bits per heavy atom. The van der Waals surface area contributed by atoms with Crippen LogP contribution in [0, 0.1) is 0 Å². The molecule has 0 fully saturated rings. The van der Waals surface area contributed by atoms with Crippen molar-refractivity contribution in [2.24, 2.45) is 0 Å². The number of likely N-dealkylation sites (N-methyl/N-ethyl adjacent to an activating group) is 1. The third kappa shape index (κ3) is 3.48. The largest absolute Gasteiger partial charge is 0.309 e. The summed E-state index contributed by atoms with van der Waals surface area (Å²) < 4.78 is 0. The first-order valence-corrected chi connectivity index (χ1v) is 6.23. The molecule has 0 amide bonds. The van der Waals surface area contributed by atoms with Gasteiger partial charge in [0.05, 0.1) is 11.0 Å². The number of nitrogens with one attached hydrogen (secondary N) is 1. The Bertz CT molecular complexity index is 510. The van der Waals surface area contributed by atoms with Crippen LogP contribution in [0.4, 0.5) is 0 Å². The molecule has 0 spiro atoms. The van der Waals surface area contributed by atoms with E-state index in [-0.39, 0.29) is 0 Å². The Kier molecular flexibility index (Phi) is 4.23. The molecule has 0 radical (unpaired) electrons. The van der Waals surface area contributed by atoms with Crippen LogP contribution in [0.15, 0.2) is 30.6 Å². The minimum Gasteiger partial charge on any atom is -0.309 e. The van der Waals surface area contributed by atoms with Crippen LogP contribution >= 0.6 is 0 Å². The molecule has 0 aliphatic rings. The number of fused-ring (bicyclic) bond motifs is 1. The van der Waals surface area contributed by atoms with Crippen molar-refractivity contribution in [2.45, 2.75) is 19.5 Å². The van der Waals surface area contributed by atoms with Crippen molar-refractivity contribution >= 4 is 11.0 Å². The van der Waals surface area contributed by atoms with E-state index < -0.39 is 0 Å². The second-order valence-corrected chi connectivity index (χ2v) is 4.92. The second-order valence-electron chi connectivity index (χ2n) is 4.92. The van der Waals surface area contributed by atoms with Gasteiger partial charge in [-0.05, 0) is 38.7 Å². The fraction of sp³-hybridized carbons (Fsp3) is 0.429. The first kappa shape index (κ1) is 12.9. The molecule has 1 unspecified atom stereocenters. The maximum atomic E-state index is 4.32. The van der Waals surface area contributed by atoms with Crippen molar-refractivity contribution in [3.63, 3.8) is 0 Å². The number of hydrogen-bond acceptors (Lipinski definition) is 4. The van der Waals surface area contributed by atoms with E-state index in [1.54, 1.807) is 12.4 Å². The van der Waals surface area contributed by atoms with Crippen LogP contribution in [0.5, 0.6) is 0 Å². The Hall–Kier alpha value is -1.52. The number of benzene rings is 1. The summed E-state index contributed by atoms with van der Waals surface area (Å²) >= 11 is 0. The molecule has 1 N–H and O–H groups in total. The van der Waals surface area contributed by atoms with Gasteiger partial charge in [0.15, 0.2) is 0 Å². The average Bonchev–Trinajstić information content (AvgIpc) is 2.35. The van der Waals surface area contributed by atoms with Gasteiger partial charge in [-0.3, -0.25) is 9.97 Å². The highest BCUT2D eigenvalue weighted by molar-refractivity contribution is 5.74. The van der Waals surface area contributed by atoms with Crippen LogP contribution in [0.2, 0.25) is 0 Å². The van der Waals surface area contributed by atoms with Gasteiger partial charge in [0.25, 0.3) is 0 Å². The van der Waals surface area contributed by atoms with Crippen LogP contribution in [0.25, 0.3) is 11.0 Å². The van der Waals surface area contributed by atoms with E-state index in [2.05, 4.69) is 53.3 Å². The summed E-state index contributed by atoms with van der Waals surface area (Å²) in [5, 5.41) is 3.51. The third-order valence-electron chi connectivity index (χ3n) is 2.83. The normalized spacial score (nSPS) is 13.1. The average molecular weight is 244 g/mol. The summed E-state index contributed by atoms with van der Waals surface area (Å²) in [5.41, 5.74) is 3.15. The molecule has 4 heteroatoms. The van der Waals surface area contributed by atoms with E-state index >= 15 is 0 Å². The molecule has 96 valence electrons. The quantitative estimate of drug-likeness (QED) is 0.868. The molecule has 18 heavy (non-hydrogen) atoms. The highest BCUT2D eigenvalue weighted by Crippen LogP contribution is 2.10. The van der Waals surface area contributed by atoms with E-state index in [0.717, 1.165) is 24.1 Å². The smallest absolute Gasteiger partial charge is 0.0890 e. The van der Waals surface area contributed by atoms with E-state index in [1.165, 1.54) is 5.56 Å². The lowest BCUT2D eigenvalue weighted by atomic mass is 10.2. The van der Waals surface area contributed by atoms with E-state index in [4.69, 9.17) is 0 Å². The fourth-order valence-corrected chi connectivity index (χ4v) is 2.02. The zero-order chi connectivity index (χ0) is 13.0. The molecule has 0 aliphatic heterocycles. The molecule has 0 bridgehead atoms. The number of nitrogens with zero attached hydrogens (tertiary/aromatic N) is 3. The second kappa shape index (κ2) is 5.89. The summed E-state index contributed by atoms with van der Waals surface area (Å²) in [4.78, 5) is 10.8. The lowest BCUT2D eigenvalue weighted by molar-refractivity contribution is 0.349. The van der Waals surface area contributed by atoms with Crippen LogP contribution in [0.3, 0.4) is 0 Å². The van der Waals surface area contributed by atoms with Crippen molar-refractivity contribution in [2.75, 3.05) is 20.6 Å². The fourth-order valence-electron chi connectivity index (χ4n) is 2.02. The van der Waals surface area contributed by atoms with Gasteiger partial charge in [-0.1, -0.05) is 6.07 Å². The van der Waals surface area contributed by atoms with Crippen LogP contribution in [0.1, 0.15) is 12.5 Å². The Labute approximate surface area is 108 Å². The van der Waals surface area contributed by atoms with Gasteiger partial charge >= 0.3 is 0 Å². The first-order valence-electron chi connectivity index (χ1n) is 6.23. The molecular formula is C14H20N4. The first-order chi connectivity index (χ1) is 8.65. The molecule has 0 saturated heterocycles. The zero-order valence-electron chi connectivity index (χ0n) is 11.2. The summed E-state index contributed by atoms with van der Waals surface area (Å²) in [5.74, 6) is 0. The molecule has 2 aromatic rings. The summed E-state index contributed by atoms with van der Waals surface area (Å²) in [6, 6.07) is 6.69. The van der Waals surface area contributed by atoms with Crippen LogP contribution in [-0.4, -0.2) is 41.5 Å². The SMILES string of the molecule is CC(CN(C)C)NCc1ccc2nccnc2c1. The molecule has 0 saturated carbocycles. The van der Waals surface area contributed by atoms with Gasteiger partial charge in [0, 0.05) is 31.5 Å². The zero-order valence-corrected chi connectivity index (χ0v) is 11.2. The third-order valence-corrected chi connectivity index (χ3v) is 2.83. The highest BCUT2D eigenvalue weighted by Gasteiger charge is 2.03. The topological polar surface area (TPSA) is 41.0 Å². The van der Waals surface area contributed by atoms with E-state index in [0.29, 0.717) is 6.04 Å². The van der Waals surface area contributed by atoms with Gasteiger partial charge < -0.3 is 10.2 Å². The summed E-state index contributed by atoms with van der Waals surface area (Å²) in [6.45, 7) is 4.09. The van der Waals surface area contributed by atoms with Crippen molar-refractivity contribution in [1.82, 2.24) is 20.2 Å². The Morgan fingerprint density at radius 2 is 1.89 bits per heavy atom. The summed E-state index contributed by atoms with van der Waals surface area (Å²) in [6.07, 6.45) is 3.45. The van der Waals surface area contributed by atoms with Gasteiger partial charge in [-0.25, -0.2) is 0 Å². The molecule has 2 rings (SSSR count). The lowest BCUT2D eigenvalue weighted by Crippen LogP contribution is -2.35. The highest BCUT2D eigenvalue weighted by atomic mass is 15.1. The predicted molar refractivity (Wildman–Crippen MR) is 74.4 cm³/mol. The monoisotopic (exact) mass is 244 g/mol. The van der Waals surface area contributed by atoms with Gasteiger partial charge in [0.2, 0.25) is 0 Å². The maximum Gasteiger partial charge on any atom is 0.0890 e. The van der Waals surface area contributed by atoms with Gasteiger partial charge in [-0.2, -0.15) is 0 Å². The standard InChI is InChI=1S/C14H20N4/c1-11(10-18(2)3)17-9-12-4-5-13-14(8-12)16-7-6-15-13/h4-8,11,17H,9-10H2,1-3H3. The van der Waals surface area contributed by atoms with Crippen molar-refractivity contribution in [1.29, 1.82) is 0 Å². The van der Waals surface area contributed by atoms with Crippen LogP contribution in [-0.2, 0) is 6.54 Å². The molecule has 1 aromatic heterocycles. The van der Waals surface area contributed by atoms with Gasteiger partial charge in [-0.15, -0.1) is 0 Å². The molecule has 1 atom stereocenters. The van der Waals surface area contributed by atoms with Gasteiger partial charge in [0.1, 0.15) is 0 Å². The molecule has 0 aliphatic carbocycles. The Balaban J connectivity index is 1.99. The maximum absolute atomic E-state index is 4.32. The number of hydrogen-bond donors (Lipinski definition) is 1. The van der Waals surface area contributed by atoms with Crippen molar-refractivity contribution in [3.05, 3.63) is 36.2 Å². The minimum atomic E-state index is 0.470. The number of aromatic nitrogens is 2. The van der Waals surface area contributed by atoms with E-state index in [1.807, 2.05) is 6.07 Å². The van der Waals surface area contributed by atoms with E-state index in [9.17, 15) is 0 Å². The Morgan fingerprint density at radius 1 is 1.17 bits per heavy atom. The number of rotatable bonds is 5. The van der Waals surface area contributed by atoms with Crippen LogP contribution < -0.4 is 5.32 Å². The molecule has 4 nitrogen and oxygen atoms in total. The molecule has 1 heterocycles. The molecular weight excluding hydrogens is 224 g/mol. The van der Waals surface area contributed by atoms with Crippen molar-refractivity contribution < 1.29 is 0 Å². The minimum absolute atomic E-state index is 0.470. The predicted octanol–water partition coefficient (Wildman–Crippen LogP) is 1.67. The lowest BCUT2D eigenvalue weighted by Gasteiger charge is -2.18. The molecule has 1 aromatic carbocycles. The van der Waals surface area contributed by atoms with Crippen molar-refractivity contribution in [3.8, 4) is 0 Å².